The van der Waals surface area contributed by atoms with Crippen molar-refractivity contribution in [1.29, 1.82) is 0 Å². The second-order valence-corrected chi connectivity index (χ2v) is 11.8. The number of carbonyl (C=O) groups excluding carboxylic acids is 4. The first-order valence-electron chi connectivity index (χ1n) is 13.8. The predicted molar refractivity (Wildman–Crippen MR) is 171 cm³/mol. The molecule has 0 aliphatic carbocycles. The summed E-state index contributed by atoms with van der Waals surface area (Å²) in [4.78, 5) is 53.1. The van der Waals surface area contributed by atoms with E-state index in [2.05, 4.69) is 10.6 Å². The molecule has 0 fully saturated rings. The molecule has 0 aliphatic heterocycles. The van der Waals surface area contributed by atoms with Crippen molar-refractivity contribution in [2.75, 3.05) is 14.2 Å². The molecule has 0 spiro atoms. The van der Waals surface area contributed by atoms with Gasteiger partial charge in [0.15, 0.2) is 0 Å². The van der Waals surface area contributed by atoms with E-state index in [0.29, 0.717) is 20.9 Å². The zero-order valence-corrected chi connectivity index (χ0v) is 25.9. The summed E-state index contributed by atoms with van der Waals surface area (Å²) in [7, 11) is 5.19. The molecule has 0 aromatic heterocycles. The van der Waals surface area contributed by atoms with E-state index in [1.54, 1.807) is 36.4 Å². The van der Waals surface area contributed by atoms with Gasteiger partial charge in [-0.3, -0.25) is 9.59 Å². The third-order valence-electron chi connectivity index (χ3n) is 6.63. The minimum absolute atomic E-state index is 0.280. The quantitative estimate of drug-likeness (QED) is 0.147. The first-order valence-corrected chi connectivity index (χ1v) is 15.9. The van der Waals surface area contributed by atoms with Gasteiger partial charge < -0.3 is 20.1 Å². The van der Waals surface area contributed by atoms with Crippen molar-refractivity contribution in [3.63, 3.8) is 0 Å². The number of methoxy groups -OCH3 is 2. The van der Waals surface area contributed by atoms with Gasteiger partial charge in [0.1, 0.15) is 12.1 Å². The number of ether oxygens (including phenoxy) is 2. The molecule has 10 heteroatoms. The molecule has 0 bridgehead atoms. The largest absolute Gasteiger partial charge is 0.467 e. The summed E-state index contributed by atoms with van der Waals surface area (Å²) < 4.78 is 9.89. The second kappa shape index (κ2) is 16.3. The van der Waals surface area contributed by atoms with E-state index < -0.39 is 35.8 Å². The molecule has 4 aromatic carbocycles. The van der Waals surface area contributed by atoms with Crippen molar-refractivity contribution < 1.29 is 28.7 Å². The Labute approximate surface area is 264 Å². The molecular formula is C34H32N2O6S2. The third-order valence-corrected chi connectivity index (χ3v) is 9.11. The summed E-state index contributed by atoms with van der Waals surface area (Å²) in [6.45, 7) is 0. The third kappa shape index (κ3) is 8.98. The molecule has 0 aliphatic rings. The minimum Gasteiger partial charge on any atom is -0.467 e. The standard InChI is InChI=1S/C34H32N2O6S2/c1-41-33(39)27(21-23-13-5-3-6-14-23)35-31(37)25-17-9-11-19-29(25)43-44-30-20-12-10-18-26(30)32(38)36-28(34(40)42-2)22-24-15-7-4-8-16-24/h3-20,27-28H,21-22H2,1-2H3,(H,35,37)(H,36,38)/t27-,28-/m0/s1. The molecule has 0 heterocycles. The molecule has 0 saturated carbocycles. The Hall–Kier alpha value is -4.54. The van der Waals surface area contributed by atoms with Gasteiger partial charge in [-0.1, -0.05) is 107 Å². The maximum Gasteiger partial charge on any atom is 0.328 e. The summed E-state index contributed by atoms with van der Waals surface area (Å²) >= 11 is 0. The lowest BCUT2D eigenvalue weighted by Crippen LogP contribution is -2.43. The van der Waals surface area contributed by atoms with E-state index in [1.807, 2.05) is 72.8 Å². The first-order chi connectivity index (χ1) is 21.4. The van der Waals surface area contributed by atoms with Crippen LogP contribution in [0.3, 0.4) is 0 Å². The molecule has 4 rings (SSSR count). The van der Waals surface area contributed by atoms with Crippen LogP contribution in [-0.2, 0) is 31.9 Å². The highest BCUT2D eigenvalue weighted by Gasteiger charge is 2.26. The van der Waals surface area contributed by atoms with Gasteiger partial charge in [-0.15, -0.1) is 0 Å². The van der Waals surface area contributed by atoms with Gasteiger partial charge in [-0.25, -0.2) is 9.59 Å². The topological polar surface area (TPSA) is 111 Å². The van der Waals surface area contributed by atoms with Crippen LogP contribution in [0.2, 0.25) is 0 Å². The van der Waals surface area contributed by atoms with Crippen LogP contribution < -0.4 is 10.6 Å². The molecule has 226 valence electrons. The molecule has 4 aromatic rings. The van der Waals surface area contributed by atoms with Crippen molar-refractivity contribution in [2.24, 2.45) is 0 Å². The Bertz CT molecular complexity index is 1460. The molecular weight excluding hydrogens is 597 g/mol. The molecule has 0 radical (unpaired) electrons. The van der Waals surface area contributed by atoms with Crippen molar-refractivity contribution in [2.45, 2.75) is 34.7 Å². The van der Waals surface area contributed by atoms with Crippen LogP contribution in [-0.4, -0.2) is 50.1 Å². The van der Waals surface area contributed by atoms with Crippen LogP contribution in [0.4, 0.5) is 0 Å². The number of carbonyl (C=O) groups is 4. The smallest absolute Gasteiger partial charge is 0.328 e. The molecule has 0 unspecified atom stereocenters. The lowest BCUT2D eigenvalue weighted by Gasteiger charge is -2.18. The van der Waals surface area contributed by atoms with Crippen molar-refractivity contribution in [3.8, 4) is 0 Å². The maximum atomic E-state index is 13.4. The Kier molecular flexibility index (Phi) is 12.0. The van der Waals surface area contributed by atoms with Gasteiger partial charge >= 0.3 is 11.9 Å². The second-order valence-electron chi connectivity index (χ2n) is 9.64. The number of rotatable bonds is 13. The Morgan fingerprint density at radius 3 is 1.25 bits per heavy atom. The fraction of sp³-hybridized carbons (Fsp3) is 0.176. The SMILES string of the molecule is COC(=O)[C@H](Cc1ccccc1)NC(=O)c1ccccc1SSc1ccccc1C(=O)N[C@@H](Cc1ccccc1)C(=O)OC. The number of amides is 2. The fourth-order valence-electron chi connectivity index (χ4n) is 4.39. The summed E-state index contributed by atoms with van der Waals surface area (Å²) in [6.07, 6.45) is 0.561. The normalized spacial score (nSPS) is 12.0. The molecule has 44 heavy (non-hydrogen) atoms. The predicted octanol–water partition coefficient (Wildman–Crippen LogP) is 5.51. The van der Waals surface area contributed by atoms with Crippen LogP contribution in [0.1, 0.15) is 31.8 Å². The average molecular weight is 629 g/mol. The highest BCUT2D eigenvalue weighted by molar-refractivity contribution is 8.76. The summed E-state index contributed by atoms with van der Waals surface area (Å²) in [5, 5.41) is 5.63. The molecule has 2 atom stereocenters. The zero-order valence-electron chi connectivity index (χ0n) is 24.2. The van der Waals surface area contributed by atoms with Crippen molar-refractivity contribution in [3.05, 3.63) is 131 Å². The lowest BCUT2D eigenvalue weighted by atomic mass is 10.1. The van der Waals surface area contributed by atoms with Crippen LogP contribution in [0.25, 0.3) is 0 Å². The Balaban J connectivity index is 1.48. The Morgan fingerprint density at radius 2 is 0.886 bits per heavy atom. The van der Waals surface area contributed by atoms with E-state index in [4.69, 9.17) is 9.47 Å². The number of hydrogen-bond donors (Lipinski definition) is 2. The van der Waals surface area contributed by atoms with E-state index in [9.17, 15) is 19.2 Å². The number of benzene rings is 4. The van der Waals surface area contributed by atoms with E-state index in [-0.39, 0.29) is 12.8 Å². The highest BCUT2D eigenvalue weighted by Crippen LogP contribution is 2.40. The van der Waals surface area contributed by atoms with E-state index in [0.717, 1.165) is 11.1 Å². The molecule has 0 saturated heterocycles. The van der Waals surface area contributed by atoms with Crippen LogP contribution in [0.5, 0.6) is 0 Å². The van der Waals surface area contributed by atoms with Crippen LogP contribution in [0, 0.1) is 0 Å². The molecule has 8 nitrogen and oxygen atoms in total. The number of esters is 2. The van der Waals surface area contributed by atoms with Gasteiger partial charge in [0.2, 0.25) is 0 Å². The highest BCUT2D eigenvalue weighted by atomic mass is 33.1. The fourth-order valence-corrected chi connectivity index (χ4v) is 6.75. The summed E-state index contributed by atoms with van der Waals surface area (Å²) in [5.41, 5.74) is 2.52. The van der Waals surface area contributed by atoms with E-state index in [1.165, 1.54) is 35.8 Å². The van der Waals surface area contributed by atoms with Gasteiger partial charge in [0, 0.05) is 22.6 Å². The van der Waals surface area contributed by atoms with Crippen molar-refractivity contribution >= 4 is 45.3 Å². The van der Waals surface area contributed by atoms with Crippen LogP contribution in [0.15, 0.2) is 119 Å². The summed E-state index contributed by atoms with van der Waals surface area (Å²) in [6, 6.07) is 31.1. The average Bonchev–Trinajstić information content (AvgIpc) is 3.07. The molecule has 2 amide bonds. The minimum atomic E-state index is -0.872. The zero-order chi connectivity index (χ0) is 31.3. The van der Waals surface area contributed by atoms with Gasteiger partial charge in [0.05, 0.1) is 25.3 Å². The van der Waals surface area contributed by atoms with Crippen molar-refractivity contribution in [1.82, 2.24) is 10.6 Å². The Morgan fingerprint density at radius 1 is 0.545 bits per heavy atom. The maximum absolute atomic E-state index is 13.4. The first kappa shape index (κ1) is 32.4. The number of nitrogens with one attached hydrogen (secondary N) is 2. The molecule has 2 N–H and O–H groups in total. The van der Waals surface area contributed by atoms with E-state index >= 15 is 0 Å². The lowest BCUT2D eigenvalue weighted by molar-refractivity contribution is -0.143. The number of hydrogen-bond acceptors (Lipinski definition) is 8. The monoisotopic (exact) mass is 628 g/mol. The van der Waals surface area contributed by atoms with Gasteiger partial charge in [-0.2, -0.15) is 0 Å². The van der Waals surface area contributed by atoms with Gasteiger partial charge in [-0.05, 0) is 35.4 Å². The summed E-state index contributed by atoms with van der Waals surface area (Å²) in [5.74, 6) is -1.93. The van der Waals surface area contributed by atoms with Gasteiger partial charge in [0.25, 0.3) is 11.8 Å². The van der Waals surface area contributed by atoms with Crippen LogP contribution >= 0.6 is 21.6 Å².